The minimum atomic E-state index is 0.431. The predicted octanol–water partition coefficient (Wildman–Crippen LogP) is 3.04. The number of nitrogens with zero attached hydrogens (tertiary/aromatic N) is 2. The molecule has 15 heavy (non-hydrogen) atoms. The molecule has 1 aliphatic carbocycles. The van der Waals surface area contributed by atoms with E-state index < -0.39 is 0 Å². The van der Waals surface area contributed by atoms with Crippen LogP contribution < -0.4 is 5.32 Å². The molecule has 0 fully saturated rings. The van der Waals surface area contributed by atoms with Gasteiger partial charge >= 0.3 is 0 Å². The SMILES string of the molecule is Clc1cncc(NCCC2=CCCC2)n1. The molecule has 1 N–H and O–H groups in total. The van der Waals surface area contributed by atoms with Gasteiger partial charge in [0.15, 0.2) is 0 Å². The lowest BCUT2D eigenvalue weighted by atomic mass is 10.2. The van der Waals surface area contributed by atoms with E-state index in [0.717, 1.165) is 18.8 Å². The van der Waals surface area contributed by atoms with Crippen molar-refractivity contribution in [3.63, 3.8) is 0 Å². The Morgan fingerprint density at radius 3 is 3.07 bits per heavy atom. The summed E-state index contributed by atoms with van der Waals surface area (Å²) in [5.41, 5.74) is 1.55. The van der Waals surface area contributed by atoms with Crippen LogP contribution in [0.5, 0.6) is 0 Å². The average molecular weight is 224 g/mol. The van der Waals surface area contributed by atoms with Crippen LogP contribution >= 0.6 is 11.6 Å². The molecule has 0 saturated heterocycles. The number of anilines is 1. The Morgan fingerprint density at radius 1 is 1.40 bits per heavy atom. The highest BCUT2D eigenvalue weighted by Gasteiger charge is 2.03. The smallest absolute Gasteiger partial charge is 0.149 e. The van der Waals surface area contributed by atoms with Crippen LogP contribution in [0.3, 0.4) is 0 Å². The third-order valence-electron chi connectivity index (χ3n) is 2.49. The molecule has 1 heterocycles. The molecule has 1 aromatic heterocycles. The van der Waals surface area contributed by atoms with E-state index in [2.05, 4.69) is 21.4 Å². The first-order valence-corrected chi connectivity index (χ1v) is 5.62. The Hall–Kier alpha value is -1.09. The summed E-state index contributed by atoms with van der Waals surface area (Å²) in [5, 5.41) is 3.64. The maximum absolute atomic E-state index is 5.73. The average Bonchev–Trinajstić information content (AvgIpc) is 2.71. The molecule has 80 valence electrons. The second kappa shape index (κ2) is 5.12. The molecular weight excluding hydrogens is 210 g/mol. The van der Waals surface area contributed by atoms with Crippen LogP contribution in [0.15, 0.2) is 24.0 Å². The zero-order valence-corrected chi connectivity index (χ0v) is 9.30. The first-order chi connectivity index (χ1) is 7.34. The summed E-state index contributed by atoms with van der Waals surface area (Å²) in [5.74, 6) is 0.751. The molecule has 0 unspecified atom stereocenters. The van der Waals surface area contributed by atoms with Crippen molar-refractivity contribution in [1.82, 2.24) is 9.97 Å². The van der Waals surface area contributed by atoms with E-state index >= 15 is 0 Å². The number of allylic oxidation sites excluding steroid dienone is 1. The van der Waals surface area contributed by atoms with Gasteiger partial charge in [-0.2, -0.15) is 0 Å². The van der Waals surface area contributed by atoms with Crippen LogP contribution in [0, 0.1) is 0 Å². The lowest BCUT2D eigenvalue weighted by Crippen LogP contribution is -2.04. The lowest BCUT2D eigenvalue weighted by molar-refractivity contribution is 0.861. The fourth-order valence-electron chi connectivity index (χ4n) is 1.74. The van der Waals surface area contributed by atoms with Gasteiger partial charge in [-0.1, -0.05) is 23.3 Å². The summed E-state index contributed by atoms with van der Waals surface area (Å²) in [4.78, 5) is 8.07. The highest BCUT2D eigenvalue weighted by molar-refractivity contribution is 6.29. The Morgan fingerprint density at radius 2 is 2.33 bits per heavy atom. The summed E-state index contributed by atoms with van der Waals surface area (Å²) in [6.45, 7) is 0.904. The molecule has 0 aromatic carbocycles. The molecule has 0 atom stereocenters. The molecule has 2 rings (SSSR count). The van der Waals surface area contributed by atoms with Gasteiger partial charge in [0.1, 0.15) is 11.0 Å². The predicted molar refractivity (Wildman–Crippen MR) is 62.1 cm³/mol. The zero-order valence-electron chi connectivity index (χ0n) is 8.54. The molecule has 0 saturated carbocycles. The van der Waals surface area contributed by atoms with Crippen molar-refractivity contribution in [2.45, 2.75) is 25.7 Å². The van der Waals surface area contributed by atoms with Crippen LogP contribution in [0.2, 0.25) is 5.15 Å². The van der Waals surface area contributed by atoms with E-state index in [-0.39, 0.29) is 0 Å². The zero-order chi connectivity index (χ0) is 10.5. The normalized spacial score (nSPS) is 15.1. The highest BCUT2D eigenvalue weighted by Crippen LogP contribution is 2.20. The molecule has 0 radical (unpaired) electrons. The van der Waals surface area contributed by atoms with Gasteiger partial charge in [-0.05, 0) is 25.7 Å². The fourth-order valence-corrected chi connectivity index (χ4v) is 1.89. The van der Waals surface area contributed by atoms with Crippen LogP contribution in [0.25, 0.3) is 0 Å². The summed E-state index contributed by atoms with van der Waals surface area (Å²) in [6.07, 6.45) is 10.5. The number of hydrogen-bond donors (Lipinski definition) is 1. The Balaban J connectivity index is 1.78. The maximum Gasteiger partial charge on any atom is 0.149 e. The topological polar surface area (TPSA) is 37.8 Å². The number of nitrogens with one attached hydrogen (secondary N) is 1. The van der Waals surface area contributed by atoms with Gasteiger partial charge in [0.25, 0.3) is 0 Å². The van der Waals surface area contributed by atoms with Gasteiger partial charge in [0.2, 0.25) is 0 Å². The van der Waals surface area contributed by atoms with Crippen molar-refractivity contribution in [2.75, 3.05) is 11.9 Å². The minimum absolute atomic E-state index is 0.431. The molecule has 1 aliphatic rings. The fraction of sp³-hybridized carbons (Fsp3) is 0.455. The van der Waals surface area contributed by atoms with Crippen molar-refractivity contribution >= 4 is 17.4 Å². The summed E-state index contributed by atoms with van der Waals surface area (Å²) >= 11 is 5.73. The first kappa shape index (κ1) is 10.4. The van der Waals surface area contributed by atoms with E-state index in [1.54, 1.807) is 11.8 Å². The number of hydrogen-bond acceptors (Lipinski definition) is 3. The van der Waals surface area contributed by atoms with Gasteiger partial charge in [-0.25, -0.2) is 4.98 Å². The van der Waals surface area contributed by atoms with Crippen molar-refractivity contribution in [2.24, 2.45) is 0 Å². The largest absolute Gasteiger partial charge is 0.368 e. The van der Waals surface area contributed by atoms with E-state index in [9.17, 15) is 0 Å². The number of halogens is 1. The van der Waals surface area contributed by atoms with E-state index in [0.29, 0.717) is 5.15 Å². The second-order valence-corrected chi connectivity index (χ2v) is 4.05. The third kappa shape index (κ3) is 3.20. The Bertz CT molecular complexity index is 363. The summed E-state index contributed by atoms with van der Waals surface area (Å²) in [6, 6.07) is 0. The molecular formula is C11H14ClN3. The molecule has 1 aromatic rings. The molecule has 3 nitrogen and oxygen atoms in total. The molecule has 4 heteroatoms. The quantitative estimate of drug-likeness (QED) is 0.798. The van der Waals surface area contributed by atoms with Gasteiger partial charge in [-0.15, -0.1) is 0 Å². The van der Waals surface area contributed by atoms with Crippen LogP contribution in [-0.4, -0.2) is 16.5 Å². The molecule has 0 aliphatic heterocycles. The van der Waals surface area contributed by atoms with Crippen LogP contribution in [0.1, 0.15) is 25.7 Å². The van der Waals surface area contributed by atoms with E-state index in [1.165, 1.54) is 25.5 Å². The summed E-state index contributed by atoms with van der Waals surface area (Å²) < 4.78 is 0. The number of rotatable bonds is 4. The van der Waals surface area contributed by atoms with Gasteiger partial charge in [-0.3, -0.25) is 4.98 Å². The highest BCUT2D eigenvalue weighted by atomic mass is 35.5. The Kier molecular flexibility index (Phi) is 3.56. The Labute approximate surface area is 94.6 Å². The number of aromatic nitrogens is 2. The minimum Gasteiger partial charge on any atom is -0.368 e. The second-order valence-electron chi connectivity index (χ2n) is 3.66. The van der Waals surface area contributed by atoms with Crippen molar-refractivity contribution in [1.29, 1.82) is 0 Å². The van der Waals surface area contributed by atoms with E-state index in [1.807, 2.05) is 0 Å². The van der Waals surface area contributed by atoms with Crippen LogP contribution in [0.4, 0.5) is 5.82 Å². The maximum atomic E-state index is 5.73. The summed E-state index contributed by atoms with van der Waals surface area (Å²) in [7, 11) is 0. The van der Waals surface area contributed by atoms with Gasteiger partial charge in [0, 0.05) is 6.54 Å². The monoisotopic (exact) mass is 223 g/mol. The van der Waals surface area contributed by atoms with E-state index in [4.69, 9.17) is 11.6 Å². The van der Waals surface area contributed by atoms with Crippen molar-refractivity contribution < 1.29 is 0 Å². The van der Waals surface area contributed by atoms with Crippen LogP contribution in [-0.2, 0) is 0 Å². The van der Waals surface area contributed by atoms with Crippen molar-refractivity contribution in [3.05, 3.63) is 29.2 Å². The molecule has 0 amide bonds. The van der Waals surface area contributed by atoms with Gasteiger partial charge in [0.05, 0.1) is 12.4 Å². The lowest BCUT2D eigenvalue weighted by Gasteiger charge is -2.05. The van der Waals surface area contributed by atoms with Gasteiger partial charge < -0.3 is 5.32 Å². The molecule has 0 bridgehead atoms. The third-order valence-corrected chi connectivity index (χ3v) is 2.67. The standard InChI is InChI=1S/C11H14ClN3/c12-10-7-13-8-11(15-10)14-6-5-9-3-1-2-4-9/h3,7-8H,1-2,4-6H2,(H,14,15). The van der Waals surface area contributed by atoms with Crippen molar-refractivity contribution in [3.8, 4) is 0 Å². The molecule has 0 spiro atoms. The first-order valence-electron chi connectivity index (χ1n) is 5.24.